The highest BCUT2D eigenvalue weighted by molar-refractivity contribution is 7.91. The second kappa shape index (κ2) is 8.45. The summed E-state index contributed by atoms with van der Waals surface area (Å²) in [5.74, 6) is -0.956. The average Bonchev–Trinajstić information content (AvgIpc) is 3.04. The molecule has 1 aliphatic heterocycles. The zero-order chi connectivity index (χ0) is 23.0. The number of rotatable bonds is 5. The fraction of sp³-hybridized carbons (Fsp3) is 0.450. The number of nitrogens with zero attached hydrogens (tertiary/aromatic N) is 3. The minimum atomic E-state index is -4.56. The maximum atomic E-state index is 13.1. The van der Waals surface area contributed by atoms with Gasteiger partial charge in [-0.25, -0.2) is 13.1 Å². The van der Waals surface area contributed by atoms with Crippen LogP contribution in [0.1, 0.15) is 41.5 Å². The zero-order valence-electron chi connectivity index (χ0n) is 17.0. The van der Waals surface area contributed by atoms with Gasteiger partial charge >= 0.3 is 6.18 Å². The molecule has 0 spiro atoms. The molecule has 0 bridgehead atoms. The number of carbonyl (C=O) groups is 1. The standard InChI is InChI=1S/C20H22F3N3O4S/c1-3-8-25(16-7-9-31(29,30)12-16)19(28)18-17(27)10-13(2)26(24-18)15-6-4-5-14(11-15)20(21,22)23/h4-6,10-11,16H,3,7-9,12H2,1-2H3. The van der Waals surface area contributed by atoms with E-state index in [0.29, 0.717) is 6.42 Å². The molecule has 0 aliphatic carbocycles. The van der Waals surface area contributed by atoms with E-state index in [0.717, 1.165) is 22.9 Å². The Labute approximate surface area is 177 Å². The number of aromatic nitrogens is 2. The van der Waals surface area contributed by atoms with Gasteiger partial charge in [-0.15, -0.1) is 0 Å². The molecule has 0 saturated carbocycles. The molecule has 1 saturated heterocycles. The van der Waals surface area contributed by atoms with E-state index >= 15 is 0 Å². The number of carbonyl (C=O) groups excluding carboxylic acids is 1. The minimum Gasteiger partial charge on any atom is -0.333 e. The zero-order valence-corrected chi connectivity index (χ0v) is 17.8. The Kier molecular flexibility index (Phi) is 6.26. The number of amides is 1. The van der Waals surface area contributed by atoms with Crippen molar-refractivity contribution in [1.29, 1.82) is 0 Å². The molecule has 1 aromatic heterocycles. The van der Waals surface area contributed by atoms with Crippen LogP contribution >= 0.6 is 0 Å². The molecule has 1 fully saturated rings. The summed E-state index contributed by atoms with van der Waals surface area (Å²) >= 11 is 0. The number of benzene rings is 1. The van der Waals surface area contributed by atoms with E-state index in [1.165, 1.54) is 24.0 Å². The molecule has 31 heavy (non-hydrogen) atoms. The van der Waals surface area contributed by atoms with Crippen molar-refractivity contribution in [2.45, 2.75) is 38.9 Å². The van der Waals surface area contributed by atoms with Gasteiger partial charge in [0.1, 0.15) is 0 Å². The second-order valence-electron chi connectivity index (χ2n) is 7.51. The van der Waals surface area contributed by atoms with Crippen LogP contribution in [0.3, 0.4) is 0 Å². The highest BCUT2D eigenvalue weighted by atomic mass is 32.2. The SMILES string of the molecule is CCCN(C(=O)c1nn(-c2cccc(C(F)(F)F)c2)c(C)cc1=O)C1CCS(=O)(=O)C1. The Hall–Kier alpha value is -2.69. The van der Waals surface area contributed by atoms with Gasteiger partial charge in [-0.2, -0.15) is 18.3 Å². The van der Waals surface area contributed by atoms with Crippen LogP contribution in [0.4, 0.5) is 13.2 Å². The Morgan fingerprint density at radius 1 is 1.29 bits per heavy atom. The number of hydrogen-bond donors (Lipinski definition) is 0. The predicted octanol–water partition coefficient (Wildman–Crippen LogP) is 2.60. The van der Waals surface area contributed by atoms with Crippen molar-refractivity contribution < 1.29 is 26.4 Å². The third-order valence-corrected chi connectivity index (χ3v) is 6.85. The van der Waals surface area contributed by atoms with Gasteiger partial charge in [0.05, 0.1) is 22.8 Å². The lowest BCUT2D eigenvalue weighted by atomic mass is 10.1. The highest BCUT2D eigenvalue weighted by Gasteiger charge is 2.36. The Balaban J connectivity index is 2.04. The summed E-state index contributed by atoms with van der Waals surface area (Å²) < 4.78 is 64.1. The maximum Gasteiger partial charge on any atom is 0.416 e. The molecule has 0 radical (unpaired) electrons. The molecule has 1 amide bonds. The summed E-state index contributed by atoms with van der Waals surface area (Å²) in [6.07, 6.45) is -3.76. The lowest BCUT2D eigenvalue weighted by Gasteiger charge is -2.27. The van der Waals surface area contributed by atoms with Crippen molar-refractivity contribution in [1.82, 2.24) is 14.7 Å². The third-order valence-electron chi connectivity index (χ3n) is 5.10. The van der Waals surface area contributed by atoms with Gasteiger partial charge in [0.2, 0.25) is 5.43 Å². The smallest absolute Gasteiger partial charge is 0.333 e. The summed E-state index contributed by atoms with van der Waals surface area (Å²) in [4.78, 5) is 27.0. The molecule has 1 atom stereocenters. The molecule has 2 heterocycles. The quantitative estimate of drug-likeness (QED) is 0.689. The van der Waals surface area contributed by atoms with E-state index in [-0.39, 0.29) is 35.9 Å². The molecule has 1 unspecified atom stereocenters. The lowest BCUT2D eigenvalue weighted by molar-refractivity contribution is -0.137. The molecule has 0 N–H and O–H groups in total. The average molecular weight is 457 g/mol. The van der Waals surface area contributed by atoms with Crippen LogP contribution in [0.25, 0.3) is 5.69 Å². The topological polar surface area (TPSA) is 89.3 Å². The molecule has 7 nitrogen and oxygen atoms in total. The van der Waals surface area contributed by atoms with Gasteiger partial charge in [0, 0.05) is 24.3 Å². The molecule has 3 rings (SSSR count). The molecular weight excluding hydrogens is 435 g/mol. The fourth-order valence-electron chi connectivity index (χ4n) is 3.62. The normalized spacial score (nSPS) is 18.2. The van der Waals surface area contributed by atoms with Crippen molar-refractivity contribution in [3.8, 4) is 5.69 Å². The maximum absolute atomic E-state index is 13.1. The van der Waals surface area contributed by atoms with Crippen molar-refractivity contribution in [3.05, 3.63) is 57.5 Å². The summed E-state index contributed by atoms with van der Waals surface area (Å²) in [7, 11) is -3.27. The molecule has 11 heteroatoms. The lowest BCUT2D eigenvalue weighted by Crippen LogP contribution is -2.44. The Morgan fingerprint density at radius 2 is 2.00 bits per heavy atom. The van der Waals surface area contributed by atoms with Crippen LogP contribution in [0.5, 0.6) is 0 Å². The first-order chi connectivity index (χ1) is 14.4. The number of hydrogen-bond acceptors (Lipinski definition) is 5. The molecule has 168 valence electrons. The number of halogens is 3. The van der Waals surface area contributed by atoms with E-state index in [2.05, 4.69) is 5.10 Å². The molecule has 2 aromatic rings. The summed E-state index contributed by atoms with van der Waals surface area (Å²) in [6, 6.07) is 4.97. The van der Waals surface area contributed by atoms with Crippen LogP contribution in [0, 0.1) is 6.92 Å². The first-order valence-electron chi connectivity index (χ1n) is 9.73. The summed E-state index contributed by atoms with van der Waals surface area (Å²) in [5.41, 5.74) is -1.71. The van der Waals surface area contributed by atoms with Crippen LogP contribution in [-0.2, 0) is 16.0 Å². The Morgan fingerprint density at radius 3 is 2.58 bits per heavy atom. The first-order valence-corrected chi connectivity index (χ1v) is 11.5. The van der Waals surface area contributed by atoms with Gasteiger partial charge in [-0.05, 0) is 38.0 Å². The second-order valence-corrected chi connectivity index (χ2v) is 9.74. The number of sulfone groups is 1. The van der Waals surface area contributed by atoms with E-state index in [1.54, 1.807) is 0 Å². The fourth-order valence-corrected chi connectivity index (χ4v) is 5.35. The molecule has 1 aromatic carbocycles. The third kappa shape index (κ3) is 4.97. The highest BCUT2D eigenvalue weighted by Crippen LogP contribution is 2.30. The minimum absolute atomic E-state index is 0.0407. The van der Waals surface area contributed by atoms with Crippen molar-refractivity contribution in [2.75, 3.05) is 18.1 Å². The molecular formula is C20H22F3N3O4S. The van der Waals surface area contributed by atoms with Crippen molar-refractivity contribution in [2.24, 2.45) is 0 Å². The van der Waals surface area contributed by atoms with Gasteiger partial charge < -0.3 is 4.90 Å². The van der Waals surface area contributed by atoms with Gasteiger partial charge in [-0.3, -0.25) is 9.59 Å². The first kappa shape index (κ1) is 23.0. The summed E-state index contributed by atoms with van der Waals surface area (Å²) in [5, 5.41) is 4.07. The Bertz CT molecular complexity index is 1160. The molecule has 1 aliphatic rings. The van der Waals surface area contributed by atoms with E-state index in [4.69, 9.17) is 0 Å². The van der Waals surface area contributed by atoms with Crippen LogP contribution in [-0.4, -0.2) is 53.1 Å². The van der Waals surface area contributed by atoms with Crippen LogP contribution in [0.15, 0.2) is 35.1 Å². The number of alkyl halides is 3. The van der Waals surface area contributed by atoms with Gasteiger partial charge in [0.25, 0.3) is 5.91 Å². The monoisotopic (exact) mass is 457 g/mol. The largest absolute Gasteiger partial charge is 0.416 e. The van der Waals surface area contributed by atoms with Crippen LogP contribution < -0.4 is 5.43 Å². The van der Waals surface area contributed by atoms with E-state index < -0.39 is 44.6 Å². The van der Waals surface area contributed by atoms with Crippen LogP contribution in [0.2, 0.25) is 0 Å². The van der Waals surface area contributed by atoms with Crippen molar-refractivity contribution >= 4 is 15.7 Å². The predicted molar refractivity (Wildman–Crippen MR) is 108 cm³/mol. The van der Waals surface area contributed by atoms with Gasteiger partial charge in [-0.1, -0.05) is 13.0 Å². The van der Waals surface area contributed by atoms with Crippen molar-refractivity contribution in [3.63, 3.8) is 0 Å². The van der Waals surface area contributed by atoms with E-state index in [1.807, 2.05) is 6.92 Å². The van der Waals surface area contributed by atoms with Gasteiger partial charge in [0.15, 0.2) is 15.5 Å². The van der Waals surface area contributed by atoms with E-state index in [9.17, 15) is 31.2 Å². The number of aryl methyl sites for hydroxylation is 1. The summed E-state index contributed by atoms with van der Waals surface area (Å²) in [6.45, 7) is 3.54.